The number of rotatable bonds is 2. The fourth-order valence-electron chi connectivity index (χ4n) is 2.04. The summed E-state index contributed by atoms with van der Waals surface area (Å²) in [6, 6.07) is 18.1. The highest BCUT2D eigenvalue weighted by molar-refractivity contribution is 7.71. The van der Waals surface area contributed by atoms with Crippen LogP contribution in [0.15, 0.2) is 54.6 Å². The predicted molar refractivity (Wildman–Crippen MR) is 78.4 cm³/mol. The summed E-state index contributed by atoms with van der Waals surface area (Å²) >= 11 is 5.05. The third-order valence-corrected chi connectivity index (χ3v) is 3.25. The molecule has 0 aliphatic rings. The molecule has 4 nitrogen and oxygen atoms in total. The summed E-state index contributed by atoms with van der Waals surface area (Å²) in [6.45, 7) is 0. The van der Waals surface area contributed by atoms with Crippen molar-refractivity contribution in [2.75, 3.05) is 5.84 Å². The van der Waals surface area contributed by atoms with Crippen LogP contribution in [-0.2, 0) is 0 Å². The maximum atomic E-state index is 5.90. The van der Waals surface area contributed by atoms with Gasteiger partial charge in [0.2, 0.25) is 4.77 Å². The van der Waals surface area contributed by atoms with Crippen LogP contribution in [0.1, 0.15) is 0 Å². The number of H-pyrrole nitrogens is 1. The van der Waals surface area contributed by atoms with Crippen LogP contribution in [0.25, 0.3) is 22.5 Å². The zero-order valence-corrected chi connectivity index (χ0v) is 10.9. The SMILES string of the molecule is Nn1c(-c2ccccc2-c2ccccc2)n[nH]c1=S. The van der Waals surface area contributed by atoms with E-state index in [4.69, 9.17) is 18.1 Å². The van der Waals surface area contributed by atoms with Crippen LogP contribution in [0.2, 0.25) is 0 Å². The predicted octanol–water partition coefficient (Wildman–Crippen LogP) is 2.99. The molecular formula is C14H12N4S. The molecule has 0 amide bonds. The van der Waals surface area contributed by atoms with Crippen molar-refractivity contribution in [3.63, 3.8) is 0 Å². The zero-order chi connectivity index (χ0) is 13.2. The summed E-state index contributed by atoms with van der Waals surface area (Å²) in [4.78, 5) is 0. The average Bonchev–Trinajstić information content (AvgIpc) is 2.80. The molecular weight excluding hydrogens is 256 g/mol. The van der Waals surface area contributed by atoms with Gasteiger partial charge in [-0.05, 0) is 23.3 Å². The molecule has 2 aromatic carbocycles. The normalized spacial score (nSPS) is 10.5. The van der Waals surface area contributed by atoms with Crippen molar-refractivity contribution in [1.29, 1.82) is 0 Å². The summed E-state index contributed by atoms with van der Waals surface area (Å²) in [7, 11) is 0. The van der Waals surface area contributed by atoms with Gasteiger partial charge in [0.1, 0.15) is 0 Å². The molecule has 0 spiro atoms. The number of nitrogen functional groups attached to an aromatic ring is 1. The fourth-order valence-corrected chi connectivity index (χ4v) is 2.17. The second-order valence-electron chi connectivity index (χ2n) is 4.13. The fraction of sp³-hybridized carbons (Fsp3) is 0. The van der Waals surface area contributed by atoms with Crippen LogP contribution in [0, 0.1) is 4.77 Å². The lowest BCUT2D eigenvalue weighted by Gasteiger charge is -2.08. The molecule has 0 aliphatic carbocycles. The topological polar surface area (TPSA) is 59.6 Å². The molecule has 0 saturated carbocycles. The highest BCUT2D eigenvalue weighted by Gasteiger charge is 2.11. The largest absolute Gasteiger partial charge is 0.335 e. The Hall–Kier alpha value is -2.40. The Morgan fingerprint density at radius 2 is 1.58 bits per heavy atom. The Kier molecular flexibility index (Phi) is 2.89. The van der Waals surface area contributed by atoms with Crippen LogP contribution >= 0.6 is 12.2 Å². The Labute approximate surface area is 115 Å². The van der Waals surface area contributed by atoms with E-state index >= 15 is 0 Å². The van der Waals surface area contributed by atoms with Gasteiger partial charge in [-0.25, -0.2) is 9.77 Å². The summed E-state index contributed by atoms with van der Waals surface area (Å²) < 4.78 is 1.79. The van der Waals surface area contributed by atoms with E-state index in [-0.39, 0.29) is 0 Å². The molecule has 5 heteroatoms. The number of aromatic nitrogens is 3. The number of nitrogens with two attached hydrogens (primary N) is 1. The van der Waals surface area contributed by atoms with Crippen molar-refractivity contribution in [2.45, 2.75) is 0 Å². The van der Waals surface area contributed by atoms with E-state index in [1.165, 1.54) is 4.68 Å². The van der Waals surface area contributed by atoms with Crippen molar-refractivity contribution >= 4 is 12.2 Å². The average molecular weight is 268 g/mol. The minimum Gasteiger partial charge on any atom is -0.335 e. The third-order valence-electron chi connectivity index (χ3n) is 2.96. The Bertz CT molecular complexity index is 758. The van der Waals surface area contributed by atoms with E-state index in [1.54, 1.807) is 0 Å². The van der Waals surface area contributed by atoms with Crippen molar-refractivity contribution < 1.29 is 0 Å². The first-order valence-electron chi connectivity index (χ1n) is 5.84. The smallest absolute Gasteiger partial charge is 0.214 e. The minimum atomic E-state index is 0.401. The van der Waals surface area contributed by atoms with Crippen LogP contribution in [0.3, 0.4) is 0 Å². The summed E-state index contributed by atoms with van der Waals surface area (Å²) in [5.74, 6) is 6.53. The molecule has 1 aromatic heterocycles. The van der Waals surface area contributed by atoms with Crippen LogP contribution in [0.5, 0.6) is 0 Å². The number of benzene rings is 2. The maximum Gasteiger partial charge on any atom is 0.214 e. The number of hydrogen-bond acceptors (Lipinski definition) is 3. The van der Waals surface area contributed by atoms with Gasteiger partial charge in [-0.3, -0.25) is 0 Å². The maximum absolute atomic E-state index is 5.90. The highest BCUT2D eigenvalue weighted by atomic mass is 32.1. The number of aromatic amines is 1. The van der Waals surface area contributed by atoms with Crippen molar-refractivity contribution in [3.05, 3.63) is 59.4 Å². The van der Waals surface area contributed by atoms with Gasteiger partial charge in [-0.15, -0.1) is 0 Å². The van der Waals surface area contributed by atoms with E-state index in [9.17, 15) is 0 Å². The molecule has 0 aliphatic heterocycles. The van der Waals surface area contributed by atoms with Gasteiger partial charge in [0.25, 0.3) is 0 Å². The van der Waals surface area contributed by atoms with Gasteiger partial charge < -0.3 is 5.84 Å². The first-order chi connectivity index (χ1) is 9.27. The number of nitrogens with one attached hydrogen (secondary N) is 1. The summed E-state index contributed by atoms with van der Waals surface area (Å²) in [5, 5.41) is 6.90. The molecule has 0 bridgehead atoms. The van der Waals surface area contributed by atoms with Crippen LogP contribution in [0.4, 0.5) is 0 Å². The Morgan fingerprint density at radius 1 is 0.947 bits per heavy atom. The molecule has 19 heavy (non-hydrogen) atoms. The standard InChI is InChI=1S/C14H12N4S/c15-18-13(16-17-14(18)19)12-9-5-4-8-11(12)10-6-2-1-3-7-10/h1-9H,15H2,(H,17,19). The van der Waals surface area contributed by atoms with E-state index < -0.39 is 0 Å². The highest BCUT2D eigenvalue weighted by Crippen LogP contribution is 2.29. The monoisotopic (exact) mass is 268 g/mol. The van der Waals surface area contributed by atoms with Gasteiger partial charge in [0.05, 0.1) is 0 Å². The van der Waals surface area contributed by atoms with E-state index in [2.05, 4.69) is 22.3 Å². The lowest BCUT2D eigenvalue weighted by atomic mass is 9.99. The molecule has 3 rings (SSSR count). The molecule has 94 valence electrons. The summed E-state index contributed by atoms with van der Waals surface area (Å²) in [5.41, 5.74) is 3.14. The van der Waals surface area contributed by atoms with Crippen molar-refractivity contribution in [1.82, 2.24) is 14.9 Å². The Balaban J connectivity index is 2.24. The zero-order valence-electron chi connectivity index (χ0n) is 10.1. The van der Waals surface area contributed by atoms with Gasteiger partial charge in [-0.2, -0.15) is 5.10 Å². The first kappa shape index (κ1) is 11.7. The number of hydrogen-bond donors (Lipinski definition) is 2. The number of nitrogens with zero attached hydrogens (tertiary/aromatic N) is 2. The van der Waals surface area contributed by atoms with E-state index in [0.717, 1.165) is 16.7 Å². The van der Waals surface area contributed by atoms with Crippen molar-refractivity contribution in [2.24, 2.45) is 0 Å². The van der Waals surface area contributed by atoms with Gasteiger partial charge in [0.15, 0.2) is 5.82 Å². The first-order valence-corrected chi connectivity index (χ1v) is 6.25. The minimum absolute atomic E-state index is 0.401. The second kappa shape index (κ2) is 4.70. The van der Waals surface area contributed by atoms with Crippen molar-refractivity contribution in [3.8, 4) is 22.5 Å². The molecule has 0 atom stereocenters. The van der Waals surface area contributed by atoms with Crippen LogP contribution in [-0.4, -0.2) is 14.9 Å². The quantitative estimate of drug-likeness (QED) is 0.555. The molecule has 0 radical (unpaired) electrons. The van der Waals surface area contributed by atoms with Gasteiger partial charge in [0, 0.05) is 5.56 Å². The molecule has 0 unspecified atom stereocenters. The third kappa shape index (κ3) is 2.04. The molecule has 0 saturated heterocycles. The van der Waals surface area contributed by atoms with Gasteiger partial charge >= 0.3 is 0 Å². The van der Waals surface area contributed by atoms with E-state index in [1.807, 2.05) is 42.5 Å². The molecule has 3 aromatic rings. The molecule has 0 fully saturated rings. The van der Waals surface area contributed by atoms with Crippen LogP contribution < -0.4 is 5.84 Å². The summed E-state index contributed by atoms with van der Waals surface area (Å²) in [6.07, 6.45) is 0. The second-order valence-corrected chi connectivity index (χ2v) is 4.52. The molecule has 1 heterocycles. The van der Waals surface area contributed by atoms with E-state index in [0.29, 0.717) is 10.6 Å². The lowest BCUT2D eigenvalue weighted by Crippen LogP contribution is -2.10. The molecule has 3 N–H and O–H groups in total. The van der Waals surface area contributed by atoms with Gasteiger partial charge in [-0.1, -0.05) is 54.6 Å². The Morgan fingerprint density at radius 3 is 2.21 bits per heavy atom. The lowest BCUT2D eigenvalue weighted by molar-refractivity contribution is 0.984.